The largest absolute Gasteiger partial charge is 0.370 e. The first-order chi connectivity index (χ1) is 5.79. The van der Waals surface area contributed by atoms with E-state index in [4.69, 9.17) is 4.74 Å². The Morgan fingerprint density at radius 3 is 3.17 bits per heavy atom. The molecule has 1 amide bonds. The van der Waals surface area contributed by atoms with E-state index in [0.29, 0.717) is 18.4 Å². The number of carbonyl (C=O) groups excluding carboxylic acids is 1. The zero-order valence-electron chi connectivity index (χ0n) is 6.83. The van der Waals surface area contributed by atoms with Gasteiger partial charge in [-0.3, -0.25) is 4.79 Å². The highest BCUT2D eigenvalue weighted by Gasteiger charge is 2.33. The smallest absolute Gasteiger partial charge is 0.222 e. The van der Waals surface area contributed by atoms with Crippen LogP contribution in [0, 0.1) is 0 Å². The first kappa shape index (κ1) is 8.74. The lowest BCUT2D eigenvalue weighted by atomic mass is 10.0. The van der Waals surface area contributed by atoms with Crippen molar-refractivity contribution in [1.29, 1.82) is 0 Å². The molecular weight excluding hydrogens is 269 g/mol. The number of amides is 1. The van der Waals surface area contributed by atoms with Crippen LogP contribution >= 0.6 is 22.6 Å². The van der Waals surface area contributed by atoms with E-state index in [9.17, 15) is 4.79 Å². The minimum Gasteiger partial charge on any atom is -0.370 e. The second-order valence-electron chi connectivity index (χ2n) is 3.37. The van der Waals surface area contributed by atoms with Gasteiger partial charge >= 0.3 is 0 Å². The number of alkyl halides is 1. The number of rotatable bonds is 1. The predicted molar refractivity (Wildman–Crippen MR) is 53.4 cm³/mol. The van der Waals surface area contributed by atoms with E-state index in [1.807, 2.05) is 4.90 Å². The normalized spacial score (nSPS) is 35.4. The fraction of sp³-hybridized carbons (Fsp3) is 0.875. The summed E-state index contributed by atoms with van der Waals surface area (Å²) in [4.78, 5) is 13.3. The molecule has 2 bridgehead atoms. The van der Waals surface area contributed by atoms with Crippen LogP contribution < -0.4 is 0 Å². The van der Waals surface area contributed by atoms with Crippen LogP contribution in [-0.2, 0) is 9.53 Å². The lowest BCUT2D eigenvalue weighted by Crippen LogP contribution is -2.53. The van der Waals surface area contributed by atoms with Crippen LogP contribution in [0.4, 0.5) is 0 Å². The molecule has 12 heavy (non-hydrogen) atoms. The van der Waals surface area contributed by atoms with Gasteiger partial charge in [0.15, 0.2) is 0 Å². The topological polar surface area (TPSA) is 29.5 Å². The van der Waals surface area contributed by atoms with E-state index in [-0.39, 0.29) is 6.10 Å². The third-order valence-electron chi connectivity index (χ3n) is 2.44. The molecule has 0 N–H and O–H groups in total. The number of halogens is 1. The molecule has 2 rings (SSSR count). The van der Waals surface area contributed by atoms with Gasteiger partial charge < -0.3 is 9.64 Å². The summed E-state index contributed by atoms with van der Waals surface area (Å²) >= 11 is 2.31. The van der Waals surface area contributed by atoms with E-state index >= 15 is 0 Å². The maximum atomic E-state index is 11.3. The summed E-state index contributed by atoms with van der Waals surface area (Å²) in [5.41, 5.74) is 0. The molecular formula is C8H12INO2. The molecule has 0 aromatic carbocycles. The molecule has 2 aliphatic rings. The van der Waals surface area contributed by atoms with E-state index in [1.165, 1.54) is 0 Å². The van der Waals surface area contributed by atoms with Gasteiger partial charge in [0.05, 0.1) is 12.2 Å². The maximum absolute atomic E-state index is 11.3. The molecule has 4 heteroatoms. The van der Waals surface area contributed by atoms with Gasteiger partial charge in [-0.05, 0) is 6.42 Å². The van der Waals surface area contributed by atoms with Gasteiger partial charge in [0.1, 0.15) is 0 Å². The molecule has 2 saturated heterocycles. The molecule has 3 nitrogen and oxygen atoms in total. The Bertz CT molecular complexity index is 197. The van der Waals surface area contributed by atoms with Crippen molar-refractivity contribution in [2.75, 3.05) is 17.5 Å². The van der Waals surface area contributed by atoms with Crippen LogP contribution in [0.2, 0.25) is 0 Å². The molecule has 0 aliphatic carbocycles. The lowest BCUT2D eigenvalue weighted by molar-refractivity contribution is -0.153. The molecule has 0 saturated carbocycles. The second-order valence-corrected chi connectivity index (χ2v) is 4.25. The van der Waals surface area contributed by atoms with Crippen LogP contribution in [0.25, 0.3) is 0 Å². The summed E-state index contributed by atoms with van der Waals surface area (Å²) in [5, 5.41) is 0. The van der Waals surface area contributed by atoms with Gasteiger partial charge in [0.2, 0.25) is 5.91 Å². The minimum atomic E-state index is 0.272. The number of morpholine rings is 1. The van der Waals surface area contributed by atoms with E-state index in [2.05, 4.69) is 22.6 Å². The van der Waals surface area contributed by atoms with Crippen LogP contribution in [-0.4, -0.2) is 40.5 Å². The average Bonchev–Trinajstić information content (AvgIpc) is 2.12. The average molecular weight is 281 g/mol. The van der Waals surface area contributed by atoms with Gasteiger partial charge in [-0.15, -0.1) is 0 Å². The summed E-state index contributed by atoms with van der Waals surface area (Å²) in [6.07, 6.45) is 2.19. The van der Waals surface area contributed by atoms with Crippen molar-refractivity contribution in [3.8, 4) is 0 Å². The molecule has 2 aliphatic heterocycles. The fourth-order valence-corrected chi connectivity index (χ4v) is 2.30. The Morgan fingerprint density at radius 2 is 2.42 bits per heavy atom. The van der Waals surface area contributed by atoms with Crippen molar-refractivity contribution in [2.45, 2.75) is 25.0 Å². The molecule has 2 heterocycles. The quantitative estimate of drug-likeness (QED) is 0.526. The summed E-state index contributed by atoms with van der Waals surface area (Å²) in [5.74, 6) is 0.310. The summed E-state index contributed by atoms with van der Waals surface area (Å²) in [6, 6.07) is 0. The molecule has 0 spiro atoms. The van der Waals surface area contributed by atoms with Crippen LogP contribution in [0.15, 0.2) is 0 Å². The summed E-state index contributed by atoms with van der Waals surface area (Å²) in [6.45, 7) is 1.63. The van der Waals surface area contributed by atoms with Crippen molar-refractivity contribution in [3.05, 3.63) is 0 Å². The van der Waals surface area contributed by atoms with Gasteiger partial charge in [0.25, 0.3) is 0 Å². The SMILES string of the molecule is O=C1CCC2CN1CC(CI)O2. The van der Waals surface area contributed by atoms with E-state index in [1.54, 1.807) is 0 Å². The molecule has 2 atom stereocenters. The Morgan fingerprint density at radius 1 is 1.58 bits per heavy atom. The lowest BCUT2D eigenvalue weighted by Gasteiger charge is -2.41. The van der Waals surface area contributed by atoms with Crippen LogP contribution in [0.3, 0.4) is 0 Å². The van der Waals surface area contributed by atoms with Gasteiger partial charge in [-0.25, -0.2) is 0 Å². The van der Waals surface area contributed by atoms with E-state index < -0.39 is 0 Å². The molecule has 68 valence electrons. The highest BCUT2D eigenvalue weighted by molar-refractivity contribution is 14.1. The Kier molecular flexibility index (Phi) is 2.55. The predicted octanol–water partition coefficient (Wildman–Crippen LogP) is 0.811. The monoisotopic (exact) mass is 281 g/mol. The second kappa shape index (κ2) is 3.49. The molecule has 0 aromatic heterocycles. The van der Waals surface area contributed by atoms with E-state index in [0.717, 1.165) is 23.9 Å². The van der Waals surface area contributed by atoms with Crippen molar-refractivity contribution in [3.63, 3.8) is 0 Å². The third kappa shape index (κ3) is 1.59. The molecule has 2 unspecified atom stereocenters. The van der Waals surface area contributed by atoms with Gasteiger partial charge in [0, 0.05) is 23.9 Å². The fourth-order valence-electron chi connectivity index (χ4n) is 1.82. The zero-order valence-corrected chi connectivity index (χ0v) is 8.99. The summed E-state index contributed by atoms with van der Waals surface area (Å²) in [7, 11) is 0. The number of ether oxygens (including phenoxy) is 1. The van der Waals surface area contributed by atoms with Crippen molar-refractivity contribution in [2.24, 2.45) is 0 Å². The Balaban J connectivity index is 2.03. The highest BCUT2D eigenvalue weighted by Crippen LogP contribution is 2.22. The highest BCUT2D eigenvalue weighted by atomic mass is 127. The molecule has 0 radical (unpaired) electrons. The zero-order chi connectivity index (χ0) is 8.55. The molecule has 0 aromatic rings. The van der Waals surface area contributed by atoms with Crippen molar-refractivity contribution >= 4 is 28.5 Å². The number of fused-ring (bicyclic) bond motifs is 2. The number of hydrogen-bond acceptors (Lipinski definition) is 2. The number of piperidine rings is 1. The first-order valence-electron chi connectivity index (χ1n) is 4.29. The number of nitrogens with zero attached hydrogens (tertiary/aromatic N) is 1. The molecule has 2 fully saturated rings. The third-order valence-corrected chi connectivity index (χ3v) is 3.42. The van der Waals surface area contributed by atoms with Crippen molar-refractivity contribution in [1.82, 2.24) is 4.90 Å². The van der Waals surface area contributed by atoms with Crippen LogP contribution in [0.5, 0.6) is 0 Å². The Labute approximate surface area is 85.6 Å². The maximum Gasteiger partial charge on any atom is 0.222 e. The standard InChI is InChI=1S/C8H12INO2/c9-3-7-5-10-4-6(12-7)1-2-8(10)11/h6-7H,1-5H2. The van der Waals surface area contributed by atoms with Crippen molar-refractivity contribution < 1.29 is 9.53 Å². The minimum absolute atomic E-state index is 0.272. The van der Waals surface area contributed by atoms with Gasteiger partial charge in [-0.2, -0.15) is 0 Å². The first-order valence-corrected chi connectivity index (χ1v) is 5.81. The Hall–Kier alpha value is 0.160. The van der Waals surface area contributed by atoms with Gasteiger partial charge in [-0.1, -0.05) is 22.6 Å². The number of hydrogen-bond donors (Lipinski definition) is 0. The number of carbonyl (C=O) groups is 1. The van der Waals surface area contributed by atoms with Crippen LogP contribution in [0.1, 0.15) is 12.8 Å². The summed E-state index contributed by atoms with van der Waals surface area (Å²) < 4.78 is 6.74.